The van der Waals surface area contributed by atoms with Gasteiger partial charge in [0.15, 0.2) is 0 Å². The third-order valence-electron chi connectivity index (χ3n) is 6.67. The van der Waals surface area contributed by atoms with Crippen LogP contribution in [0.4, 0.5) is 5.82 Å². The van der Waals surface area contributed by atoms with E-state index in [4.69, 9.17) is 15.5 Å². The summed E-state index contributed by atoms with van der Waals surface area (Å²) in [5.41, 5.74) is 11.2. The highest BCUT2D eigenvalue weighted by molar-refractivity contribution is 5.94. The standard InChI is InChI=1S/C25H25N7O/c1-33-20-8-3-2-5-16(20)17-6-4-7-19-21(17)31-24(30-19)25(26)10-13-32(14-11-25)23-18-9-12-27-22(18)28-15-29-23/h2-9,12,15H,10-11,13-14,26H2,1H3,(H,30,31)(H,27,28,29). The molecule has 166 valence electrons. The van der Waals surface area contributed by atoms with Crippen LogP contribution in [0.25, 0.3) is 33.2 Å². The van der Waals surface area contributed by atoms with E-state index in [0.717, 1.165) is 76.5 Å². The molecule has 3 aromatic heterocycles. The van der Waals surface area contributed by atoms with Gasteiger partial charge in [-0.25, -0.2) is 15.0 Å². The fraction of sp³-hybridized carbons (Fsp3) is 0.240. The molecule has 33 heavy (non-hydrogen) atoms. The molecule has 0 aliphatic carbocycles. The first-order valence-electron chi connectivity index (χ1n) is 11.1. The van der Waals surface area contributed by atoms with Crippen molar-refractivity contribution in [1.82, 2.24) is 24.9 Å². The number of fused-ring (bicyclic) bond motifs is 2. The maximum Gasteiger partial charge on any atom is 0.142 e. The van der Waals surface area contributed by atoms with Gasteiger partial charge >= 0.3 is 0 Å². The van der Waals surface area contributed by atoms with Crippen molar-refractivity contribution in [3.8, 4) is 16.9 Å². The van der Waals surface area contributed by atoms with Crippen LogP contribution in [0.15, 0.2) is 61.1 Å². The summed E-state index contributed by atoms with van der Waals surface area (Å²) in [6.45, 7) is 1.59. The van der Waals surface area contributed by atoms with Gasteiger partial charge in [0.2, 0.25) is 0 Å². The molecule has 0 unspecified atom stereocenters. The lowest BCUT2D eigenvalue weighted by Crippen LogP contribution is -2.49. The van der Waals surface area contributed by atoms with E-state index in [9.17, 15) is 0 Å². The van der Waals surface area contributed by atoms with Crippen LogP contribution in [0.2, 0.25) is 0 Å². The fourth-order valence-electron chi connectivity index (χ4n) is 4.82. The number of imidazole rings is 1. The van der Waals surface area contributed by atoms with Gasteiger partial charge in [-0.15, -0.1) is 0 Å². The Morgan fingerprint density at radius 1 is 1.00 bits per heavy atom. The Labute approximate surface area is 190 Å². The summed E-state index contributed by atoms with van der Waals surface area (Å²) in [4.78, 5) is 22.8. The summed E-state index contributed by atoms with van der Waals surface area (Å²) in [6.07, 6.45) is 5.05. The SMILES string of the molecule is COc1ccccc1-c1cccc2[nH]c(C3(N)CCN(c4ncnc5[nH]ccc45)CC3)nc12. The van der Waals surface area contributed by atoms with E-state index in [-0.39, 0.29) is 0 Å². The zero-order valence-electron chi connectivity index (χ0n) is 18.4. The lowest BCUT2D eigenvalue weighted by Gasteiger charge is -2.38. The third kappa shape index (κ3) is 3.22. The highest BCUT2D eigenvalue weighted by Crippen LogP contribution is 2.37. The molecule has 4 heterocycles. The zero-order chi connectivity index (χ0) is 22.4. The van der Waals surface area contributed by atoms with E-state index in [1.165, 1.54) is 0 Å². The molecule has 8 nitrogen and oxygen atoms in total. The van der Waals surface area contributed by atoms with Crippen LogP contribution in [0.3, 0.4) is 0 Å². The van der Waals surface area contributed by atoms with Crippen LogP contribution in [0.5, 0.6) is 5.75 Å². The molecule has 8 heteroatoms. The van der Waals surface area contributed by atoms with E-state index >= 15 is 0 Å². The first kappa shape index (κ1) is 19.8. The van der Waals surface area contributed by atoms with E-state index in [2.05, 4.69) is 37.0 Å². The second-order valence-corrected chi connectivity index (χ2v) is 8.57. The van der Waals surface area contributed by atoms with Crippen LogP contribution in [-0.2, 0) is 5.54 Å². The number of piperidine rings is 1. The average Bonchev–Trinajstić information content (AvgIpc) is 3.52. The summed E-state index contributed by atoms with van der Waals surface area (Å²) < 4.78 is 5.59. The molecule has 2 aromatic carbocycles. The molecule has 1 fully saturated rings. The monoisotopic (exact) mass is 439 g/mol. The van der Waals surface area contributed by atoms with Crippen molar-refractivity contribution in [2.24, 2.45) is 5.73 Å². The minimum atomic E-state index is -0.530. The lowest BCUT2D eigenvalue weighted by atomic mass is 9.88. The van der Waals surface area contributed by atoms with Gasteiger partial charge in [0.25, 0.3) is 0 Å². The maximum atomic E-state index is 6.94. The fourth-order valence-corrected chi connectivity index (χ4v) is 4.82. The van der Waals surface area contributed by atoms with Gasteiger partial charge in [-0.2, -0.15) is 0 Å². The van der Waals surface area contributed by atoms with Gasteiger partial charge in [0.05, 0.1) is 29.1 Å². The minimum Gasteiger partial charge on any atom is -0.496 e. The zero-order valence-corrected chi connectivity index (χ0v) is 18.4. The maximum absolute atomic E-state index is 6.94. The first-order chi connectivity index (χ1) is 16.2. The van der Waals surface area contributed by atoms with Crippen molar-refractivity contribution < 1.29 is 4.74 Å². The van der Waals surface area contributed by atoms with Gasteiger partial charge < -0.3 is 25.3 Å². The lowest BCUT2D eigenvalue weighted by molar-refractivity contribution is 0.327. The molecule has 0 atom stereocenters. The molecular formula is C25H25N7O. The number of methoxy groups -OCH3 is 1. The second kappa shape index (κ2) is 7.60. The quantitative estimate of drug-likeness (QED) is 0.391. The van der Waals surface area contributed by atoms with Crippen LogP contribution in [-0.4, -0.2) is 45.1 Å². The number of hydrogen-bond acceptors (Lipinski definition) is 6. The number of H-pyrrole nitrogens is 2. The Bertz CT molecular complexity index is 1450. The van der Waals surface area contributed by atoms with Crippen molar-refractivity contribution in [1.29, 1.82) is 0 Å². The molecule has 6 rings (SSSR count). The summed E-state index contributed by atoms with van der Waals surface area (Å²) in [6, 6.07) is 16.2. The van der Waals surface area contributed by atoms with Gasteiger partial charge in [0.1, 0.15) is 29.4 Å². The molecule has 0 bridgehead atoms. The third-order valence-corrected chi connectivity index (χ3v) is 6.67. The normalized spacial score (nSPS) is 15.9. The molecule has 0 amide bonds. The first-order valence-corrected chi connectivity index (χ1v) is 11.1. The smallest absolute Gasteiger partial charge is 0.142 e. The Balaban J connectivity index is 1.32. The van der Waals surface area contributed by atoms with Gasteiger partial charge in [-0.05, 0) is 31.0 Å². The number of benzene rings is 2. The Morgan fingerprint density at radius 2 is 1.82 bits per heavy atom. The molecule has 5 aromatic rings. The molecular weight excluding hydrogens is 414 g/mol. The highest BCUT2D eigenvalue weighted by atomic mass is 16.5. The van der Waals surface area contributed by atoms with Crippen LogP contribution in [0.1, 0.15) is 18.7 Å². The molecule has 0 spiro atoms. The number of anilines is 1. The van der Waals surface area contributed by atoms with Gasteiger partial charge in [-0.1, -0.05) is 30.3 Å². The number of nitrogens with two attached hydrogens (primary N) is 1. The van der Waals surface area contributed by atoms with Crippen molar-refractivity contribution >= 4 is 27.9 Å². The summed E-state index contributed by atoms with van der Waals surface area (Å²) >= 11 is 0. The molecule has 4 N–H and O–H groups in total. The molecule has 1 aliphatic heterocycles. The number of rotatable bonds is 4. The van der Waals surface area contributed by atoms with Crippen LogP contribution in [0, 0.1) is 0 Å². The van der Waals surface area contributed by atoms with E-state index < -0.39 is 5.54 Å². The van der Waals surface area contributed by atoms with Crippen molar-refractivity contribution in [2.75, 3.05) is 25.1 Å². The van der Waals surface area contributed by atoms with Crippen molar-refractivity contribution in [3.63, 3.8) is 0 Å². The minimum absolute atomic E-state index is 0.530. The topological polar surface area (TPSA) is 109 Å². The van der Waals surface area contributed by atoms with Crippen LogP contribution < -0.4 is 15.4 Å². The predicted molar refractivity (Wildman–Crippen MR) is 129 cm³/mol. The van der Waals surface area contributed by atoms with E-state index in [1.807, 2.05) is 42.6 Å². The molecule has 1 saturated heterocycles. The summed E-state index contributed by atoms with van der Waals surface area (Å²) in [5.74, 6) is 2.60. The molecule has 0 saturated carbocycles. The van der Waals surface area contributed by atoms with Crippen molar-refractivity contribution in [3.05, 3.63) is 66.9 Å². The number of nitrogens with zero attached hydrogens (tertiary/aromatic N) is 4. The molecule has 1 aliphatic rings. The van der Waals surface area contributed by atoms with Gasteiger partial charge in [-0.3, -0.25) is 0 Å². The Morgan fingerprint density at radius 3 is 2.67 bits per heavy atom. The highest BCUT2D eigenvalue weighted by Gasteiger charge is 2.36. The number of hydrogen-bond donors (Lipinski definition) is 3. The number of para-hydroxylation sites is 2. The molecule has 0 radical (unpaired) electrons. The summed E-state index contributed by atoms with van der Waals surface area (Å²) in [7, 11) is 1.69. The number of ether oxygens (including phenoxy) is 1. The predicted octanol–water partition coefficient (Wildman–Crippen LogP) is 3.96. The number of aromatic nitrogens is 5. The average molecular weight is 440 g/mol. The van der Waals surface area contributed by atoms with Gasteiger partial charge in [0, 0.05) is 30.4 Å². The van der Waals surface area contributed by atoms with Crippen molar-refractivity contribution in [2.45, 2.75) is 18.4 Å². The van der Waals surface area contributed by atoms with E-state index in [1.54, 1.807) is 13.4 Å². The summed E-state index contributed by atoms with van der Waals surface area (Å²) in [5, 5.41) is 1.03. The number of nitrogens with one attached hydrogen (secondary N) is 2. The van der Waals surface area contributed by atoms with E-state index in [0.29, 0.717) is 0 Å². The Hall–Kier alpha value is -3.91. The second-order valence-electron chi connectivity index (χ2n) is 8.57. The van der Waals surface area contributed by atoms with Crippen LogP contribution >= 0.6 is 0 Å². The Kier molecular flexibility index (Phi) is 4.55. The number of aromatic amines is 2. The largest absolute Gasteiger partial charge is 0.496 e.